The lowest BCUT2D eigenvalue weighted by molar-refractivity contribution is 0.582. The van der Waals surface area contributed by atoms with Crippen molar-refractivity contribution in [1.82, 2.24) is 4.98 Å². The van der Waals surface area contributed by atoms with Gasteiger partial charge in [0.1, 0.15) is 0 Å². The average Bonchev–Trinajstić information content (AvgIpc) is 2.99. The van der Waals surface area contributed by atoms with Crippen molar-refractivity contribution < 1.29 is 0 Å². The van der Waals surface area contributed by atoms with Crippen molar-refractivity contribution in [3.63, 3.8) is 0 Å². The van der Waals surface area contributed by atoms with Crippen LogP contribution in [0.25, 0.3) is 22.2 Å². The van der Waals surface area contributed by atoms with Gasteiger partial charge in [0.05, 0.1) is 0 Å². The van der Waals surface area contributed by atoms with Crippen LogP contribution >= 0.6 is 0 Å². The van der Waals surface area contributed by atoms with Crippen LogP contribution in [-0.2, 0) is 0 Å². The molecule has 0 unspecified atom stereocenters. The molecule has 1 nitrogen and oxygen atoms in total. The summed E-state index contributed by atoms with van der Waals surface area (Å²) in [6.07, 6.45) is 6.59. The van der Waals surface area contributed by atoms with Crippen LogP contribution in [0.5, 0.6) is 0 Å². The first-order valence-corrected chi connectivity index (χ1v) is 8.97. The Kier molecular flexibility index (Phi) is 5.17. The molecule has 2 aromatic carbocycles. The topological polar surface area (TPSA) is 15.8 Å². The molecular formula is C22H27N. The van der Waals surface area contributed by atoms with Crippen molar-refractivity contribution in [2.45, 2.75) is 51.9 Å². The molecule has 0 aliphatic carbocycles. The monoisotopic (exact) mass is 305 g/mol. The number of fused-ring (bicyclic) bond motifs is 1. The van der Waals surface area contributed by atoms with Gasteiger partial charge in [-0.1, -0.05) is 88.1 Å². The van der Waals surface area contributed by atoms with Gasteiger partial charge >= 0.3 is 0 Å². The van der Waals surface area contributed by atoms with Crippen molar-refractivity contribution in [2.24, 2.45) is 0 Å². The SMILES string of the molecule is CCCCCC[C@H](C)c1c(-c2ccccc2)[nH]c2ccccc12. The van der Waals surface area contributed by atoms with Crippen molar-refractivity contribution in [3.05, 3.63) is 60.2 Å². The standard InChI is InChI=1S/C22H27N/c1-3-4-5-7-12-17(2)21-19-15-10-11-16-20(19)23-22(21)18-13-8-6-9-14-18/h6,8-11,13-17,23H,3-5,7,12H2,1-2H3/t17-/m0/s1. The maximum Gasteiger partial charge on any atom is 0.0500 e. The number of hydrogen-bond acceptors (Lipinski definition) is 0. The van der Waals surface area contributed by atoms with E-state index < -0.39 is 0 Å². The molecule has 1 heterocycles. The third-order valence-corrected chi connectivity index (χ3v) is 4.79. The van der Waals surface area contributed by atoms with Crippen molar-refractivity contribution in [1.29, 1.82) is 0 Å². The zero-order valence-electron chi connectivity index (χ0n) is 14.3. The summed E-state index contributed by atoms with van der Waals surface area (Å²) < 4.78 is 0. The molecule has 3 rings (SSSR count). The highest BCUT2D eigenvalue weighted by Crippen LogP contribution is 2.37. The second-order valence-corrected chi connectivity index (χ2v) is 6.58. The lowest BCUT2D eigenvalue weighted by atomic mass is 9.90. The van der Waals surface area contributed by atoms with Gasteiger partial charge in [-0.3, -0.25) is 0 Å². The number of benzene rings is 2. The van der Waals surface area contributed by atoms with E-state index in [1.807, 2.05) is 0 Å². The van der Waals surface area contributed by atoms with E-state index in [1.54, 1.807) is 0 Å². The molecular weight excluding hydrogens is 278 g/mol. The van der Waals surface area contributed by atoms with Gasteiger partial charge in [-0.2, -0.15) is 0 Å². The predicted octanol–water partition coefficient (Wildman–Crippen LogP) is 6.91. The number of para-hydroxylation sites is 1. The minimum absolute atomic E-state index is 0.582. The number of rotatable bonds is 7. The molecule has 23 heavy (non-hydrogen) atoms. The number of nitrogens with one attached hydrogen (secondary N) is 1. The lowest BCUT2D eigenvalue weighted by Crippen LogP contribution is -1.96. The first kappa shape index (κ1) is 15.9. The Hall–Kier alpha value is -2.02. The van der Waals surface area contributed by atoms with Gasteiger partial charge in [-0.25, -0.2) is 0 Å². The van der Waals surface area contributed by atoms with E-state index in [0.717, 1.165) is 0 Å². The van der Waals surface area contributed by atoms with Gasteiger partial charge in [0.25, 0.3) is 0 Å². The molecule has 0 aliphatic rings. The zero-order valence-corrected chi connectivity index (χ0v) is 14.3. The average molecular weight is 305 g/mol. The minimum Gasteiger partial charge on any atom is -0.354 e. The van der Waals surface area contributed by atoms with E-state index >= 15 is 0 Å². The van der Waals surface area contributed by atoms with Crippen LogP contribution in [0.3, 0.4) is 0 Å². The van der Waals surface area contributed by atoms with Crippen LogP contribution in [0.1, 0.15) is 57.4 Å². The van der Waals surface area contributed by atoms with Crippen LogP contribution in [0.4, 0.5) is 0 Å². The molecule has 1 N–H and O–H groups in total. The minimum atomic E-state index is 0.582. The van der Waals surface area contributed by atoms with Gasteiger partial charge < -0.3 is 4.98 Å². The van der Waals surface area contributed by atoms with E-state index in [0.29, 0.717) is 5.92 Å². The van der Waals surface area contributed by atoms with Gasteiger partial charge in [0, 0.05) is 16.6 Å². The normalized spacial score (nSPS) is 12.6. The van der Waals surface area contributed by atoms with Crippen LogP contribution < -0.4 is 0 Å². The summed E-state index contributed by atoms with van der Waals surface area (Å²) >= 11 is 0. The van der Waals surface area contributed by atoms with Gasteiger partial charge in [0.15, 0.2) is 0 Å². The Morgan fingerprint density at radius 1 is 0.870 bits per heavy atom. The van der Waals surface area contributed by atoms with Crippen molar-refractivity contribution >= 4 is 10.9 Å². The molecule has 0 saturated heterocycles. The Labute approximate surface area is 139 Å². The highest BCUT2D eigenvalue weighted by atomic mass is 14.7. The Morgan fingerprint density at radius 2 is 1.61 bits per heavy atom. The van der Waals surface area contributed by atoms with Gasteiger partial charge in [-0.05, 0) is 29.5 Å². The largest absolute Gasteiger partial charge is 0.354 e. The van der Waals surface area contributed by atoms with E-state index in [-0.39, 0.29) is 0 Å². The second-order valence-electron chi connectivity index (χ2n) is 6.58. The smallest absolute Gasteiger partial charge is 0.0500 e. The molecule has 1 aromatic heterocycles. The van der Waals surface area contributed by atoms with Crippen LogP contribution in [0.2, 0.25) is 0 Å². The second kappa shape index (κ2) is 7.50. The molecule has 0 aliphatic heterocycles. The molecule has 0 bridgehead atoms. The predicted molar refractivity (Wildman–Crippen MR) is 101 cm³/mol. The molecule has 0 spiro atoms. The summed E-state index contributed by atoms with van der Waals surface area (Å²) in [4.78, 5) is 3.66. The van der Waals surface area contributed by atoms with Crippen molar-refractivity contribution in [3.8, 4) is 11.3 Å². The van der Waals surface area contributed by atoms with E-state index in [2.05, 4.69) is 73.4 Å². The maximum atomic E-state index is 3.66. The highest BCUT2D eigenvalue weighted by molar-refractivity contribution is 5.91. The summed E-state index contributed by atoms with van der Waals surface area (Å²) in [5, 5.41) is 1.38. The summed E-state index contributed by atoms with van der Waals surface area (Å²) in [6, 6.07) is 19.5. The quantitative estimate of drug-likeness (QED) is 0.456. The van der Waals surface area contributed by atoms with Crippen LogP contribution in [-0.4, -0.2) is 4.98 Å². The number of unbranched alkanes of at least 4 members (excludes halogenated alkanes) is 3. The fraction of sp³-hybridized carbons (Fsp3) is 0.364. The number of hydrogen-bond donors (Lipinski definition) is 1. The number of H-pyrrole nitrogens is 1. The molecule has 1 atom stereocenters. The first-order valence-electron chi connectivity index (χ1n) is 8.97. The fourth-order valence-corrected chi connectivity index (χ4v) is 3.53. The molecule has 0 fully saturated rings. The molecule has 120 valence electrons. The molecule has 1 heteroatoms. The maximum absolute atomic E-state index is 3.66. The van der Waals surface area contributed by atoms with E-state index in [9.17, 15) is 0 Å². The van der Waals surface area contributed by atoms with Gasteiger partial charge in [-0.15, -0.1) is 0 Å². The summed E-state index contributed by atoms with van der Waals surface area (Å²) in [7, 11) is 0. The van der Waals surface area contributed by atoms with Crippen LogP contribution in [0, 0.1) is 0 Å². The Bertz CT molecular complexity index is 739. The zero-order chi connectivity index (χ0) is 16.1. The Balaban J connectivity index is 1.96. The molecule has 0 saturated carbocycles. The third kappa shape index (κ3) is 3.50. The summed E-state index contributed by atoms with van der Waals surface area (Å²) in [5.41, 5.74) is 5.33. The highest BCUT2D eigenvalue weighted by Gasteiger charge is 2.18. The first-order chi connectivity index (χ1) is 11.3. The lowest BCUT2D eigenvalue weighted by Gasteiger charge is -2.14. The van der Waals surface area contributed by atoms with Crippen molar-refractivity contribution in [2.75, 3.05) is 0 Å². The molecule has 3 aromatic rings. The fourth-order valence-electron chi connectivity index (χ4n) is 3.53. The van der Waals surface area contributed by atoms with Crippen LogP contribution in [0.15, 0.2) is 54.6 Å². The summed E-state index contributed by atoms with van der Waals surface area (Å²) in [6.45, 7) is 4.66. The Morgan fingerprint density at radius 3 is 2.39 bits per heavy atom. The number of aromatic amines is 1. The summed E-state index contributed by atoms with van der Waals surface area (Å²) in [5.74, 6) is 0.582. The number of aromatic nitrogens is 1. The third-order valence-electron chi connectivity index (χ3n) is 4.79. The van der Waals surface area contributed by atoms with Gasteiger partial charge in [0.2, 0.25) is 0 Å². The van der Waals surface area contributed by atoms with E-state index in [4.69, 9.17) is 0 Å². The molecule has 0 amide bonds. The molecule has 0 radical (unpaired) electrons. The van der Waals surface area contributed by atoms with E-state index in [1.165, 1.54) is 59.8 Å².